The van der Waals surface area contributed by atoms with Gasteiger partial charge < -0.3 is 25.3 Å². The summed E-state index contributed by atoms with van der Waals surface area (Å²) in [4.78, 5) is 73.0. The van der Waals surface area contributed by atoms with Crippen LogP contribution in [0.5, 0.6) is 0 Å². The van der Waals surface area contributed by atoms with Gasteiger partial charge in [-0.15, -0.1) is 0 Å². The van der Waals surface area contributed by atoms with Crippen LogP contribution in [0, 0.1) is 5.92 Å². The summed E-state index contributed by atoms with van der Waals surface area (Å²) < 4.78 is 5.12. The number of hydrogen-bond donors (Lipinski definition) is 3. The maximum atomic E-state index is 14.2. The van der Waals surface area contributed by atoms with Crippen molar-refractivity contribution < 1.29 is 38.7 Å². The van der Waals surface area contributed by atoms with E-state index in [4.69, 9.17) is 32.8 Å². The van der Waals surface area contributed by atoms with E-state index in [1.807, 2.05) is 50.3 Å². The second-order valence-corrected chi connectivity index (χ2v) is 13.3. The molecule has 0 fully saturated rings. The first kappa shape index (κ1) is 37.1. The van der Waals surface area contributed by atoms with E-state index in [2.05, 4.69) is 15.8 Å². The molecule has 0 spiro atoms. The van der Waals surface area contributed by atoms with Gasteiger partial charge in [-0.05, 0) is 41.7 Å². The van der Waals surface area contributed by atoms with Gasteiger partial charge in [0.25, 0.3) is 5.91 Å². The van der Waals surface area contributed by atoms with Gasteiger partial charge in [0.15, 0.2) is 12.4 Å². The lowest BCUT2D eigenvalue weighted by Gasteiger charge is -2.30. The van der Waals surface area contributed by atoms with Crippen LogP contribution in [0.15, 0.2) is 90.2 Å². The summed E-state index contributed by atoms with van der Waals surface area (Å²) in [5.74, 6) is -4.27. The number of esters is 1. The number of aliphatic carboxylic acids is 1. The van der Waals surface area contributed by atoms with Gasteiger partial charge >= 0.3 is 18.0 Å². The Kier molecular flexibility index (Phi) is 11.8. The van der Waals surface area contributed by atoms with Crippen molar-refractivity contribution in [1.82, 2.24) is 10.6 Å². The minimum absolute atomic E-state index is 0.000443. The van der Waals surface area contributed by atoms with Crippen LogP contribution < -0.4 is 15.5 Å². The van der Waals surface area contributed by atoms with E-state index in [1.54, 1.807) is 30.5 Å². The summed E-state index contributed by atoms with van der Waals surface area (Å²) in [7, 11) is 0. The summed E-state index contributed by atoms with van der Waals surface area (Å²) >= 11 is 12.2. The molecule has 2 heterocycles. The zero-order chi connectivity index (χ0) is 36.7. The Morgan fingerprint density at radius 3 is 2.33 bits per heavy atom. The zero-order valence-electron chi connectivity index (χ0n) is 27.8. The van der Waals surface area contributed by atoms with Crippen LogP contribution in [0.3, 0.4) is 0 Å². The molecule has 12 nitrogen and oxygen atoms in total. The Labute approximate surface area is 304 Å². The molecule has 5 rings (SSSR count). The Bertz CT molecular complexity index is 1860. The number of carbonyl (C=O) groups excluding carboxylic acids is 4. The molecule has 2 aliphatic rings. The second-order valence-electron chi connectivity index (χ2n) is 12.5. The van der Waals surface area contributed by atoms with Gasteiger partial charge in [0.05, 0.1) is 39.5 Å². The highest BCUT2D eigenvalue weighted by Crippen LogP contribution is 2.32. The van der Waals surface area contributed by atoms with Gasteiger partial charge in [0, 0.05) is 19.0 Å². The minimum atomic E-state index is -1.72. The molecule has 3 aromatic carbocycles. The average molecular weight is 736 g/mol. The number of Topliss-reactive ketones (excluding diaryl/α,β-unsaturated/α-hetero) is 1. The summed E-state index contributed by atoms with van der Waals surface area (Å²) in [5.41, 5.74) is 0.943. The summed E-state index contributed by atoms with van der Waals surface area (Å²) in [6, 6.07) is 18.2. The van der Waals surface area contributed by atoms with E-state index in [0.717, 1.165) is 11.3 Å². The molecule has 3 atom stereocenters. The van der Waals surface area contributed by atoms with Crippen molar-refractivity contribution >= 4 is 64.3 Å². The predicted molar refractivity (Wildman–Crippen MR) is 191 cm³/mol. The van der Waals surface area contributed by atoms with Crippen LogP contribution in [0.25, 0.3) is 0 Å². The molecule has 0 saturated carbocycles. The summed E-state index contributed by atoms with van der Waals surface area (Å²) in [6.45, 7) is 2.91. The molecule has 1 unspecified atom stereocenters. The number of ketones is 1. The lowest BCUT2D eigenvalue weighted by atomic mass is 9.84. The first-order valence-corrected chi connectivity index (χ1v) is 16.9. The topological polar surface area (TPSA) is 164 Å². The molecular weight excluding hydrogens is 699 g/mol. The quantitative estimate of drug-likeness (QED) is 0.187. The van der Waals surface area contributed by atoms with Crippen LogP contribution >= 0.6 is 23.2 Å². The molecule has 266 valence electrons. The highest BCUT2D eigenvalue weighted by atomic mass is 35.5. The number of hydrogen-bond acceptors (Lipinski definition) is 8. The number of amides is 3. The SMILES string of the molecule is CC(C)[C@H](NC(=O)N1C=CCc2ccccc21)C1=NOC(Cc2ccccc2)(C(=O)N[C@@H](CC(=O)O)C(=O)COC(=O)c2c(Cl)cccc2Cl)C1. The average Bonchev–Trinajstić information content (AvgIpc) is 3.53. The van der Waals surface area contributed by atoms with Crippen molar-refractivity contribution in [2.75, 3.05) is 11.5 Å². The standard InChI is InChI=1S/C37H36Cl2N4O8/c1-22(2)33(41-36(49)43-17-9-13-24-12-6-7-16-29(24)43)28-20-37(51-42-28,19-23-10-4-3-5-11-23)35(48)40-27(18-31(45)46)30(44)21-50-34(47)32-25(38)14-8-15-26(32)39/h3-12,14-17,22,27,33H,13,18-21H2,1-2H3,(H,40,48)(H,41,49)(H,45,46)/t27-,33-,37?/m0/s1. The number of oxime groups is 1. The molecular formula is C37H36Cl2N4O8. The van der Waals surface area contributed by atoms with E-state index >= 15 is 0 Å². The number of para-hydroxylation sites is 1. The highest BCUT2D eigenvalue weighted by Gasteiger charge is 2.50. The molecule has 3 amide bonds. The van der Waals surface area contributed by atoms with Gasteiger partial charge in [-0.3, -0.25) is 19.3 Å². The number of nitrogens with one attached hydrogen (secondary N) is 2. The number of fused-ring (bicyclic) bond motifs is 1. The molecule has 0 aromatic heterocycles. The lowest BCUT2D eigenvalue weighted by Crippen LogP contribution is -2.56. The first-order chi connectivity index (χ1) is 24.4. The molecule has 14 heteroatoms. The zero-order valence-corrected chi connectivity index (χ0v) is 29.3. The number of ether oxygens (including phenoxy) is 1. The number of halogens is 2. The fourth-order valence-corrected chi connectivity index (χ4v) is 6.45. The molecule has 0 aliphatic carbocycles. The number of carboxylic acids is 1. The molecule has 0 radical (unpaired) electrons. The van der Waals surface area contributed by atoms with Gasteiger partial charge in [0.1, 0.15) is 6.04 Å². The second kappa shape index (κ2) is 16.2. The Balaban J connectivity index is 1.35. The maximum Gasteiger partial charge on any atom is 0.341 e. The van der Waals surface area contributed by atoms with Crippen molar-refractivity contribution in [3.63, 3.8) is 0 Å². The van der Waals surface area contributed by atoms with Gasteiger partial charge in [-0.1, -0.05) is 103 Å². The number of benzene rings is 3. The van der Waals surface area contributed by atoms with Crippen molar-refractivity contribution in [2.45, 2.75) is 57.2 Å². The summed E-state index contributed by atoms with van der Waals surface area (Å²) in [6.07, 6.45) is 3.39. The lowest BCUT2D eigenvalue weighted by molar-refractivity contribution is -0.148. The van der Waals surface area contributed by atoms with Crippen LogP contribution in [-0.4, -0.2) is 64.8 Å². The number of allylic oxidation sites excluding steroid dienone is 1. The van der Waals surface area contributed by atoms with Crippen molar-refractivity contribution in [1.29, 1.82) is 0 Å². The number of carboxylic acid groups (broad SMARTS) is 1. The number of nitrogens with zero attached hydrogens (tertiary/aromatic N) is 2. The van der Waals surface area contributed by atoms with Crippen LogP contribution in [0.2, 0.25) is 10.0 Å². The molecule has 0 bridgehead atoms. The normalized spacial score (nSPS) is 17.4. The Morgan fingerprint density at radius 2 is 1.65 bits per heavy atom. The third kappa shape index (κ3) is 8.76. The number of anilines is 1. The fraction of sp³-hybridized carbons (Fsp3) is 0.297. The van der Waals surface area contributed by atoms with E-state index < -0.39 is 60.4 Å². The molecule has 0 saturated heterocycles. The monoisotopic (exact) mass is 734 g/mol. The van der Waals surface area contributed by atoms with E-state index in [-0.39, 0.29) is 34.4 Å². The van der Waals surface area contributed by atoms with Crippen LogP contribution in [-0.2, 0) is 36.8 Å². The van der Waals surface area contributed by atoms with E-state index in [1.165, 1.54) is 23.1 Å². The third-order valence-electron chi connectivity index (χ3n) is 8.50. The van der Waals surface area contributed by atoms with Crippen molar-refractivity contribution in [3.8, 4) is 0 Å². The van der Waals surface area contributed by atoms with Crippen LogP contribution in [0.4, 0.5) is 10.5 Å². The van der Waals surface area contributed by atoms with Gasteiger partial charge in [-0.2, -0.15) is 0 Å². The Morgan fingerprint density at radius 1 is 0.961 bits per heavy atom. The fourth-order valence-electron chi connectivity index (χ4n) is 5.90. The first-order valence-electron chi connectivity index (χ1n) is 16.2. The van der Waals surface area contributed by atoms with Gasteiger partial charge in [-0.25, -0.2) is 9.59 Å². The van der Waals surface area contributed by atoms with E-state index in [0.29, 0.717) is 17.7 Å². The van der Waals surface area contributed by atoms with Gasteiger partial charge in [0.2, 0.25) is 5.60 Å². The maximum absolute atomic E-state index is 14.2. The Hall–Kier alpha value is -5.20. The molecule has 3 N–H and O–H groups in total. The molecule has 3 aromatic rings. The number of urea groups is 1. The predicted octanol–water partition coefficient (Wildman–Crippen LogP) is 5.75. The largest absolute Gasteiger partial charge is 0.481 e. The molecule has 2 aliphatic heterocycles. The van der Waals surface area contributed by atoms with Crippen LogP contribution in [0.1, 0.15) is 48.2 Å². The summed E-state index contributed by atoms with van der Waals surface area (Å²) in [5, 5.41) is 19.5. The third-order valence-corrected chi connectivity index (χ3v) is 9.13. The number of rotatable bonds is 13. The van der Waals surface area contributed by atoms with Crippen molar-refractivity contribution in [3.05, 3.63) is 112 Å². The van der Waals surface area contributed by atoms with Crippen molar-refractivity contribution in [2.24, 2.45) is 11.1 Å². The minimum Gasteiger partial charge on any atom is -0.481 e. The van der Waals surface area contributed by atoms with E-state index in [9.17, 15) is 29.1 Å². The molecule has 51 heavy (non-hydrogen) atoms. The number of carbonyl (C=O) groups is 5. The highest BCUT2D eigenvalue weighted by molar-refractivity contribution is 6.39. The smallest absolute Gasteiger partial charge is 0.341 e.